The summed E-state index contributed by atoms with van der Waals surface area (Å²) >= 11 is 1.55. The van der Waals surface area contributed by atoms with Crippen molar-refractivity contribution in [1.82, 2.24) is 10.3 Å². The van der Waals surface area contributed by atoms with Gasteiger partial charge in [0, 0.05) is 4.88 Å². The number of aromatic nitrogens is 1. The van der Waals surface area contributed by atoms with Gasteiger partial charge in [0.1, 0.15) is 5.01 Å². The van der Waals surface area contributed by atoms with E-state index in [1.807, 2.05) is 13.8 Å². The Kier molecular flexibility index (Phi) is 4.70. The van der Waals surface area contributed by atoms with Crippen LogP contribution in [0.3, 0.4) is 0 Å². The summed E-state index contributed by atoms with van der Waals surface area (Å²) in [4.78, 5) is 28.5. The highest BCUT2D eigenvalue weighted by Crippen LogP contribution is 2.16. The number of carbonyl (C=O) groups is 2. The van der Waals surface area contributed by atoms with Gasteiger partial charge in [0.15, 0.2) is 0 Å². The molecule has 110 valence electrons. The Morgan fingerprint density at radius 2 is 2.00 bits per heavy atom. The molecule has 6 heteroatoms. The molecule has 0 saturated heterocycles. The molecule has 0 spiro atoms. The summed E-state index contributed by atoms with van der Waals surface area (Å²) in [6.07, 6.45) is 0.0474. The van der Waals surface area contributed by atoms with Crippen molar-refractivity contribution in [2.75, 3.05) is 0 Å². The van der Waals surface area contributed by atoms with Crippen LogP contribution in [0, 0.1) is 13.8 Å². The summed E-state index contributed by atoms with van der Waals surface area (Å²) in [6.45, 7) is 4.29. The molecule has 0 aliphatic carbocycles. The molecule has 0 bridgehead atoms. The Morgan fingerprint density at radius 3 is 2.62 bits per heavy atom. The number of benzene rings is 1. The first-order chi connectivity index (χ1) is 9.97. The molecular formula is C15H16N2O3S. The Hall–Kier alpha value is -2.21. The number of nitrogens with zero attached hydrogens (tertiary/aromatic N) is 1. The lowest BCUT2D eigenvalue weighted by Crippen LogP contribution is -2.25. The summed E-state index contributed by atoms with van der Waals surface area (Å²) in [6, 6.07) is 6.52. The number of carbonyl (C=O) groups excluding carboxylic acids is 1. The maximum absolute atomic E-state index is 11.9. The Morgan fingerprint density at radius 1 is 1.29 bits per heavy atom. The standard InChI is InChI=1S/C15H16N2O3S/c1-9-10(2)21-14(17-9)8-16-13(18)7-11-5-3-4-6-12(11)15(19)20/h3-6H,7-8H2,1-2H3,(H,16,18)(H,19,20). The van der Waals surface area contributed by atoms with Crippen molar-refractivity contribution in [3.8, 4) is 0 Å². The minimum atomic E-state index is -1.02. The molecule has 2 aromatic rings. The predicted molar refractivity (Wildman–Crippen MR) is 80.5 cm³/mol. The number of nitrogens with one attached hydrogen (secondary N) is 1. The van der Waals surface area contributed by atoms with E-state index in [4.69, 9.17) is 5.11 Å². The molecule has 1 aromatic carbocycles. The molecule has 0 unspecified atom stereocenters. The number of rotatable bonds is 5. The Balaban J connectivity index is 1.97. The zero-order valence-electron chi connectivity index (χ0n) is 11.8. The third-order valence-corrected chi connectivity index (χ3v) is 4.18. The Labute approximate surface area is 126 Å². The molecule has 1 heterocycles. The van der Waals surface area contributed by atoms with E-state index in [9.17, 15) is 9.59 Å². The second-order valence-electron chi connectivity index (χ2n) is 4.67. The van der Waals surface area contributed by atoms with Crippen LogP contribution >= 0.6 is 11.3 Å². The van der Waals surface area contributed by atoms with Crippen LogP contribution in [0.25, 0.3) is 0 Å². The number of hydrogen-bond donors (Lipinski definition) is 2. The number of aromatic carboxylic acids is 1. The maximum Gasteiger partial charge on any atom is 0.335 e. The van der Waals surface area contributed by atoms with Crippen molar-refractivity contribution >= 4 is 23.2 Å². The summed E-state index contributed by atoms with van der Waals surface area (Å²) in [5.74, 6) is -1.24. The highest BCUT2D eigenvalue weighted by atomic mass is 32.1. The molecule has 0 aliphatic rings. The van der Waals surface area contributed by atoms with Crippen LogP contribution in [-0.2, 0) is 17.8 Å². The summed E-state index contributed by atoms with van der Waals surface area (Å²) in [7, 11) is 0. The Bertz CT molecular complexity index is 660. The lowest BCUT2D eigenvalue weighted by Gasteiger charge is -2.06. The highest BCUT2D eigenvalue weighted by Gasteiger charge is 2.13. The lowest BCUT2D eigenvalue weighted by atomic mass is 10.0. The van der Waals surface area contributed by atoms with E-state index in [0.29, 0.717) is 12.1 Å². The van der Waals surface area contributed by atoms with Crippen LogP contribution in [0.4, 0.5) is 0 Å². The number of thiazole rings is 1. The van der Waals surface area contributed by atoms with Crippen molar-refractivity contribution < 1.29 is 14.7 Å². The first kappa shape index (κ1) is 15.2. The van der Waals surface area contributed by atoms with Gasteiger partial charge in [-0.2, -0.15) is 0 Å². The molecule has 0 radical (unpaired) electrons. The van der Waals surface area contributed by atoms with E-state index in [-0.39, 0.29) is 17.9 Å². The summed E-state index contributed by atoms with van der Waals surface area (Å²) in [5, 5.41) is 12.7. The van der Waals surface area contributed by atoms with Gasteiger partial charge in [-0.25, -0.2) is 9.78 Å². The highest BCUT2D eigenvalue weighted by molar-refractivity contribution is 7.11. The minimum absolute atomic E-state index is 0.0474. The zero-order chi connectivity index (χ0) is 15.4. The number of carboxylic acid groups (broad SMARTS) is 1. The number of hydrogen-bond acceptors (Lipinski definition) is 4. The quantitative estimate of drug-likeness (QED) is 0.888. The van der Waals surface area contributed by atoms with Crippen molar-refractivity contribution in [3.05, 3.63) is 51.0 Å². The van der Waals surface area contributed by atoms with Gasteiger partial charge < -0.3 is 10.4 Å². The van der Waals surface area contributed by atoms with Gasteiger partial charge in [0.25, 0.3) is 0 Å². The van der Waals surface area contributed by atoms with Gasteiger partial charge in [-0.15, -0.1) is 11.3 Å². The van der Waals surface area contributed by atoms with Gasteiger partial charge in [0.2, 0.25) is 5.91 Å². The van der Waals surface area contributed by atoms with E-state index < -0.39 is 5.97 Å². The maximum atomic E-state index is 11.9. The SMILES string of the molecule is Cc1nc(CNC(=O)Cc2ccccc2C(=O)O)sc1C. The average Bonchev–Trinajstić information content (AvgIpc) is 2.76. The average molecular weight is 304 g/mol. The van der Waals surface area contributed by atoms with Gasteiger partial charge >= 0.3 is 5.97 Å². The first-order valence-electron chi connectivity index (χ1n) is 6.48. The molecule has 1 aromatic heterocycles. The monoisotopic (exact) mass is 304 g/mol. The van der Waals surface area contributed by atoms with Crippen LogP contribution in [0.2, 0.25) is 0 Å². The van der Waals surface area contributed by atoms with E-state index in [0.717, 1.165) is 15.6 Å². The van der Waals surface area contributed by atoms with E-state index in [2.05, 4.69) is 10.3 Å². The number of carboxylic acids is 1. The number of aryl methyl sites for hydroxylation is 2. The molecule has 0 saturated carbocycles. The topological polar surface area (TPSA) is 79.3 Å². The largest absolute Gasteiger partial charge is 0.478 e. The van der Waals surface area contributed by atoms with Crippen LogP contribution in [0.15, 0.2) is 24.3 Å². The third kappa shape index (κ3) is 3.88. The third-order valence-electron chi connectivity index (χ3n) is 3.11. The van der Waals surface area contributed by atoms with Crippen LogP contribution in [-0.4, -0.2) is 22.0 Å². The van der Waals surface area contributed by atoms with E-state index in [1.165, 1.54) is 6.07 Å². The number of amides is 1. The molecule has 0 aliphatic heterocycles. The second-order valence-corrected chi connectivity index (χ2v) is 5.95. The second kappa shape index (κ2) is 6.49. The predicted octanol–water partition coefficient (Wildman–Crippen LogP) is 2.32. The fourth-order valence-electron chi connectivity index (χ4n) is 1.91. The molecule has 21 heavy (non-hydrogen) atoms. The van der Waals surface area contributed by atoms with Gasteiger partial charge in [0.05, 0.1) is 24.2 Å². The molecule has 1 amide bonds. The normalized spacial score (nSPS) is 10.4. The van der Waals surface area contributed by atoms with Crippen LogP contribution in [0.1, 0.15) is 31.5 Å². The van der Waals surface area contributed by atoms with Crippen LogP contribution in [0.5, 0.6) is 0 Å². The lowest BCUT2D eigenvalue weighted by molar-refractivity contribution is -0.120. The minimum Gasteiger partial charge on any atom is -0.478 e. The zero-order valence-corrected chi connectivity index (χ0v) is 12.7. The van der Waals surface area contributed by atoms with Crippen molar-refractivity contribution in [3.63, 3.8) is 0 Å². The van der Waals surface area contributed by atoms with Gasteiger partial charge in [-0.3, -0.25) is 4.79 Å². The molecule has 2 N–H and O–H groups in total. The van der Waals surface area contributed by atoms with Crippen LogP contribution < -0.4 is 5.32 Å². The molecule has 5 nitrogen and oxygen atoms in total. The molecule has 0 atom stereocenters. The van der Waals surface area contributed by atoms with Crippen molar-refractivity contribution in [2.24, 2.45) is 0 Å². The summed E-state index contributed by atoms with van der Waals surface area (Å²) in [5.41, 5.74) is 1.64. The van der Waals surface area contributed by atoms with Gasteiger partial charge in [-0.1, -0.05) is 18.2 Å². The van der Waals surface area contributed by atoms with Crippen molar-refractivity contribution in [2.45, 2.75) is 26.8 Å². The molecular weight excluding hydrogens is 288 g/mol. The summed E-state index contributed by atoms with van der Waals surface area (Å²) < 4.78 is 0. The fraction of sp³-hybridized carbons (Fsp3) is 0.267. The van der Waals surface area contributed by atoms with E-state index >= 15 is 0 Å². The smallest absolute Gasteiger partial charge is 0.335 e. The first-order valence-corrected chi connectivity index (χ1v) is 7.30. The molecule has 0 fully saturated rings. The van der Waals surface area contributed by atoms with Crippen molar-refractivity contribution in [1.29, 1.82) is 0 Å². The van der Waals surface area contributed by atoms with E-state index in [1.54, 1.807) is 29.5 Å². The van der Waals surface area contributed by atoms with Gasteiger partial charge in [-0.05, 0) is 25.5 Å². The fourth-order valence-corrected chi connectivity index (χ4v) is 2.78. The molecule has 2 rings (SSSR count).